The standard InChI is InChI=1S/C9H7FN4O/c10-6-4-2-1-3-5(6)7-8(9(11)15)13-14-12-7/h1-4H,(H2,11,15)(H,12,13,14). The van der Waals surface area contributed by atoms with Gasteiger partial charge in [0.1, 0.15) is 11.5 Å². The van der Waals surface area contributed by atoms with Crippen molar-refractivity contribution >= 4 is 5.91 Å². The predicted molar refractivity (Wildman–Crippen MR) is 50.3 cm³/mol. The molecule has 0 spiro atoms. The van der Waals surface area contributed by atoms with Gasteiger partial charge < -0.3 is 5.73 Å². The Morgan fingerprint density at radius 3 is 2.73 bits per heavy atom. The van der Waals surface area contributed by atoms with E-state index in [0.717, 1.165) is 0 Å². The molecule has 76 valence electrons. The summed E-state index contributed by atoms with van der Waals surface area (Å²) in [6.07, 6.45) is 0. The minimum absolute atomic E-state index is 0.0694. The lowest BCUT2D eigenvalue weighted by Crippen LogP contribution is -2.13. The highest BCUT2D eigenvalue weighted by Gasteiger charge is 2.17. The molecule has 15 heavy (non-hydrogen) atoms. The van der Waals surface area contributed by atoms with E-state index in [2.05, 4.69) is 15.4 Å². The number of amides is 1. The van der Waals surface area contributed by atoms with E-state index in [1.807, 2.05) is 0 Å². The number of nitrogens with two attached hydrogens (primary N) is 1. The number of benzene rings is 1. The zero-order valence-electron chi connectivity index (χ0n) is 7.57. The van der Waals surface area contributed by atoms with Crippen LogP contribution < -0.4 is 5.73 Å². The summed E-state index contributed by atoms with van der Waals surface area (Å²) in [7, 11) is 0. The lowest BCUT2D eigenvalue weighted by atomic mass is 10.1. The number of nitrogens with one attached hydrogen (secondary N) is 1. The molecule has 0 fully saturated rings. The summed E-state index contributed by atoms with van der Waals surface area (Å²) < 4.78 is 13.4. The van der Waals surface area contributed by atoms with Gasteiger partial charge in [0, 0.05) is 5.56 Å². The van der Waals surface area contributed by atoms with Crippen molar-refractivity contribution < 1.29 is 9.18 Å². The van der Waals surface area contributed by atoms with Gasteiger partial charge in [-0.25, -0.2) is 4.39 Å². The third kappa shape index (κ3) is 1.56. The van der Waals surface area contributed by atoms with Gasteiger partial charge in [0.2, 0.25) is 0 Å². The molecule has 2 aromatic rings. The first-order valence-electron chi connectivity index (χ1n) is 4.15. The molecule has 3 N–H and O–H groups in total. The number of hydrogen-bond acceptors (Lipinski definition) is 3. The molecule has 0 saturated heterocycles. The molecule has 2 rings (SSSR count). The van der Waals surface area contributed by atoms with E-state index >= 15 is 0 Å². The number of aromatic nitrogens is 3. The van der Waals surface area contributed by atoms with Crippen LogP contribution in [0, 0.1) is 5.82 Å². The Kier molecular flexibility index (Phi) is 2.17. The fourth-order valence-corrected chi connectivity index (χ4v) is 1.24. The number of aromatic amines is 1. The maximum absolute atomic E-state index is 13.4. The van der Waals surface area contributed by atoms with Crippen LogP contribution in [-0.2, 0) is 0 Å². The summed E-state index contributed by atoms with van der Waals surface area (Å²) in [4.78, 5) is 10.9. The van der Waals surface area contributed by atoms with Crippen molar-refractivity contribution in [2.24, 2.45) is 5.73 Å². The highest BCUT2D eigenvalue weighted by molar-refractivity contribution is 5.96. The zero-order chi connectivity index (χ0) is 10.8. The number of halogens is 1. The van der Waals surface area contributed by atoms with E-state index in [0.29, 0.717) is 0 Å². The van der Waals surface area contributed by atoms with Crippen molar-refractivity contribution in [3.63, 3.8) is 0 Å². The van der Waals surface area contributed by atoms with Crippen LogP contribution in [0.1, 0.15) is 10.5 Å². The van der Waals surface area contributed by atoms with E-state index in [9.17, 15) is 9.18 Å². The van der Waals surface area contributed by atoms with Gasteiger partial charge in [-0.2, -0.15) is 15.4 Å². The fourth-order valence-electron chi connectivity index (χ4n) is 1.24. The topological polar surface area (TPSA) is 84.7 Å². The molecule has 0 unspecified atom stereocenters. The van der Waals surface area contributed by atoms with Crippen LogP contribution in [0.3, 0.4) is 0 Å². The van der Waals surface area contributed by atoms with E-state index in [-0.39, 0.29) is 17.0 Å². The molecule has 6 heteroatoms. The van der Waals surface area contributed by atoms with Crippen LogP contribution in [0.5, 0.6) is 0 Å². The highest BCUT2D eigenvalue weighted by atomic mass is 19.1. The minimum atomic E-state index is -0.748. The van der Waals surface area contributed by atoms with Gasteiger partial charge in [0.15, 0.2) is 5.69 Å². The van der Waals surface area contributed by atoms with Gasteiger partial charge in [-0.15, -0.1) is 0 Å². The summed E-state index contributed by atoms with van der Waals surface area (Å²) in [6.45, 7) is 0. The Labute approximate surface area is 84.1 Å². The smallest absolute Gasteiger partial charge is 0.271 e. The first-order chi connectivity index (χ1) is 7.20. The molecule has 0 aliphatic carbocycles. The minimum Gasteiger partial charge on any atom is -0.364 e. The second-order valence-corrected chi connectivity index (χ2v) is 2.86. The summed E-state index contributed by atoms with van der Waals surface area (Å²) in [5.74, 6) is -1.23. The monoisotopic (exact) mass is 206 g/mol. The maximum Gasteiger partial charge on any atom is 0.271 e. The van der Waals surface area contributed by atoms with Gasteiger partial charge in [-0.1, -0.05) is 12.1 Å². The van der Waals surface area contributed by atoms with Gasteiger partial charge in [0.05, 0.1) is 0 Å². The predicted octanol–water partition coefficient (Wildman–Crippen LogP) is 0.710. The highest BCUT2D eigenvalue weighted by Crippen LogP contribution is 2.21. The molecule has 0 saturated carbocycles. The number of rotatable bonds is 2. The molecule has 0 aliphatic rings. The van der Waals surface area contributed by atoms with Crippen LogP contribution >= 0.6 is 0 Å². The normalized spacial score (nSPS) is 10.2. The number of carbonyl (C=O) groups excluding carboxylic acids is 1. The van der Waals surface area contributed by atoms with Gasteiger partial charge in [-0.05, 0) is 12.1 Å². The molecule has 0 atom stereocenters. The summed E-state index contributed by atoms with van der Waals surface area (Å²) in [5.41, 5.74) is 5.31. The van der Waals surface area contributed by atoms with Crippen molar-refractivity contribution in [1.29, 1.82) is 0 Å². The number of carbonyl (C=O) groups is 1. The molecular formula is C9H7FN4O. The lowest BCUT2D eigenvalue weighted by molar-refractivity contribution is 0.0996. The maximum atomic E-state index is 13.4. The van der Waals surface area contributed by atoms with Crippen molar-refractivity contribution in [2.75, 3.05) is 0 Å². The van der Waals surface area contributed by atoms with E-state index in [4.69, 9.17) is 5.73 Å². The summed E-state index contributed by atoms with van der Waals surface area (Å²) in [6, 6.07) is 5.95. The molecule has 0 radical (unpaired) electrons. The third-order valence-electron chi connectivity index (χ3n) is 1.91. The molecule has 5 nitrogen and oxygen atoms in total. The second kappa shape index (κ2) is 3.49. The Hall–Kier alpha value is -2.24. The zero-order valence-corrected chi connectivity index (χ0v) is 7.57. The summed E-state index contributed by atoms with van der Waals surface area (Å²) >= 11 is 0. The number of nitrogens with zero attached hydrogens (tertiary/aromatic N) is 2. The Balaban J connectivity index is 2.59. The van der Waals surface area contributed by atoms with E-state index in [1.54, 1.807) is 12.1 Å². The Bertz CT molecular complexity index is 508. The van der Waals surface area contributed by atoms with Crippen molar-refractivity contribution in [1.82, 2.24) is 15.4 Å². The molecule has 1 amide bonds. The van der Waals surface area contributed by atoms with Crippen molar-refractivity contribution in [3.05, 3.63) is 35.8 Å². The fraction of sp³-hybridized carbons (Fsp3) is 0. The SMILES string of the molecule is NC(=O)c1n[nH]nc1-c1ccccc1F. The molecule has 0 bridgehead atoms. The second-order valence-electron chi connectivity index (χ2n) is 2.86. The summed E-state index contributed by atoms with van der Waals surface area (Å²) in [5, 5.41) is 9.49. The lowest BCUT2D eigenvalue weighted by Gasteiger charge is -1.98. The number of H-pyrrole nitrogens is 1. The molecule has 0 aliphatic heterocycles. The Morgan fingerprint density at radius 2 is 2.07 bits per heavy atom. The average molecular weight is 206 g/mol. The number of primary amides is 1. The van der Waals surface area contributed by atoms with Gasteiger partial charge >= 0.3 is 0 Å². The average Bonchev–Trinajstić information content (AvgIpc) is 2.67. The first-order valence-corrected chi connectivity index (χ1v) is 4.15. The van der Waals surface area contributed by atoms with Crippen LogP contribution in [0.2, 0.25) is 0 Å². The van der Waals surface area contributed by atoms with Crippen molar-refractivity contribution in [2.45, 2.75) is 0 Å². The largest absolute Gasteiger partial charge is 0.364 e. The van der Waals surface area contributed by atoms with Gasteiger partial charge in [-0.3, -0.25) is 4.79 Å². The van der Waals surface area contributed by atoms with E-state index in [1.165, 1.54) is 12.1 Å². The van der Waals surface area contributed by atoms with E-state index < -0.39 is 11.7 Å². The quantitative estimate of drug-likeness (QED) is 0.758. The molecule has 1 aromatic heterocycles. The molecule has 1 heterocycles. The van der Waals surface area contributed by atoms with Crippen LogP contribution in [0.4, 0.5) is 4.39 Å². The van der Waals surface area contributed by atoms with Crippen molar-refractivity contribution in [3.8, 4) is 11.3 Å². The third-order valence-corrected chi connectivity index (χ3v) is 1.91. The van der Waals surface area contributed by atoms with Gasteiger partial charge in [0.25, 0.3) is 5.91 Å². The van der Waals surface area contributed by atoms with Crippen LogP contribution in [0.15, 0.2) is 24.3 Å². The first kappa shape index (κ1) is 9.32. The van der Waals surface area contributed by atoms with Crippen LogP contribution in [-0.4, -0.2) is 21.3 Å². The molecular weight excluding hydrogens is 199 g/mol. The number of hydrogen-bond donors (Lipinski definition) is 2. The Morgan fingerprint density at radius 1 is 1.33 bits per heavy atom. The molecule has 1 aromatic carbocycles. The van der Waals surface area contributed by atoms with Crippen LogP contribution in [0.25, 0.3) is 11.3 Å².